The Labute approximate surface area is 285 Å². The number of carbonyl (C=O) groups is 1. The number of oxazole rings is 1. The Morgan fingerprint density at radius 3 is 2.69 bits per heavy atom. The zero-order chi connectivity index (χ0) is 33.4. The van der Waals surface area contributed by atoms with Gasteiger partial charge in [0.1, 0.15) is 17.3 Å². The molecular weight excluding hydrogens is 623 g/mol. The fourth-order valence-corrected chi connectivity index (χ4v) is 8.47. The highest BCUT2D eigenvalue weighted by Crippen LogP contribution is 2.46. The van der Waals surface area contributed by atoms with Gasteiger partial charge in [-0.05, 0) is 98.4 Å². The molecule has 5 aromatic rings. The lowest BCUT2D eigenvalue weighted by Gasteiger charge is -2.23. The van der Waals surface area contributed by atoms with Gasteiger partial charge in [-0.1, -0.05) is 26.0 Å². The molecule has 250 valence electrons. The number of ether oxygens (including phenoxy) is 2. The quantitative estimate of drug-likeness (QED) is 0.145. The number of aromatic nitrogens is 3. The third-order valence-electron chi connectivity index (χ3n) is 9.60. The van der Waals surface area contributed by atoms with Crippen molar-refractivity contribution >= 4 is 33.1 Å². The summed E-state index contributed by atoms with van der Waals surface area (Å²) in [5.74, 6) is 3.22. The maximum atomic E-state index is 13.5. The Morgan fingerprint density at radius 1 is 1.12 bits per heavy atom. The first-order chi connectivity index (χ1) is 23.3. The molecule has 4 aromatic heterocycles. The van der Waals surface area contributed by atoms with Gasteiger partial charge in [0, 0.05) is 29.9 Å². The number of benzene rings is 1. The minimum Gasteiger partial charge on any atom is -0.496 e. The van der Waals surface area contributed by atoms with Crippen LogP contribution in [0.25, 0.3) is 32.0 Å². The van der Waals surface area contributed by atoms with E-state index in [4.69, 9.17) is 29.6 Å². The summed E-state index contributed by atoms with van der Waals surface area (Å²) in [6, 6.07) is 10.5. The Kier molecular flexibility index (Phi) is 9.20. The maximum absolute atomic E-state index is 13.5. The van der Waals surface area contributed by atoms with Gasteiger partial charge in [0.25, 0.3) is 5.91 Å². The fraction of sp³-hybridized carbons (Fsp3) is 0.421. The molecule has 1 atom stereocenters. The Morgan fingerprint density at radius 2 is 1.96 bits per heavy atom. The second-order valence-corrected chi connectivity index (χ2v) is 14.5. The lowest BCUT2D eigenvalue weighted by Crippen LogP contribution is -2.20. The van der Waals surface area contributed by atoms with E-state index in [-0.39, 0.29) is 12.0 Å². The van der Waals surface area contributed by atoms with E-state index in [1.807, 2.05) is 31.3 Å². The molecule has 10 heteroatoms. The van der Waals surface area contributed by atoms with E-state index in [9.17, 15) is 4.79 Å². The second-order valence-electron chi connectivity index (χ2n) is 13.4. The van der Waals surface area contributed by atoms with Gasteiger partial charge in [-0.2, -0.15) is 0 Å². The summed E-state index contributed by atoms with van der Waals surface area (Å²) in [7, 11) is 1.72. The molecule has 5 heterocycles. The monoisotopic (exact) mass is 665 g/mol. The summed E-state index contributed by atoms with van der Waals surface area (Å²) < 4.78 is 18.5. The van der Waals surface area contributed by atoms with Gasteiger partial charge >= 0.3 is 0 Å². The van der Waals surface area contributed by atoms with Crippen LogP contribution in [0.1, 0.15) is 84.2 Å². The number of fused-ring (bicyclic) bond motifs is 2. The first-order valence-electron chi connectivity index (χ1n) is 17.0. The Bertz CT molecular complexity index is 1960. The first kappa shape index (κ1) is 32.3. The van der Waals surface area contributed by atoms with Gasteiger partial charge < -0.3 is 24.9 Å². The zero-order valence-electron chi connectivity index (χ0n) is 28.1. The van der Waals surface area contributed by atoms with Crippen molar-refractivity contribution in [1.29, 1.82) is 0 Å². The predicted molar refractivity (Wildman–Crippen MR) is 190 cm³/mol. The number of aryl methyl sites for hydroxylation is 2. The van der Waals surface area contributed by atoms with Gasteiger partial charge in [0.15, 0.2) is 0 Å². The van der Waals surface area contributed by atoms with Crippen LogP contribution in [0.15, 0.2) is 47.1 Å². The van der Waals surface area contributed by atoms with Crippen LogP contribution in [0, 0.1) is 18.8 Å². The van der Waals surface area contributed by atoms with Crippen LogP contribution in [0.4, 0.5) is 5.82 Å². The number of nitrogens with one attached hydrogen (secondary N) is 1. The predicted octanol–water partition coefficient (Wildman–Crippen LogP) is 8.09. The molecule has 3 N–H and O–H groups in total. The molecule has 1 aromatic carbocycles. The van der Waals surface area contributed by atoms with E-state index in [1.165, 1.54) is 11.1 Å². The number of hydrogen-bond donors (Lipinski definition) is 2. The van der Waals surface area contributed by atoms with Crippen molar-refractivity contribution in [3.05, 3.63) is 76.6 Å². The van der Waals surface area contributed by atoms with Gasteiger partial charge in [-0.15, -0.1) is 11.3 Å². The average molecular weight is 666 g/mol. The highest BCUT2D eigenvalue weighted by molar-refractivity contribution is 7.23. The lowest BCUT2D eigenvalue weighted by molar-refractivity contribution is 0.0639. The molecule has 0 saturated carbocycles. The van der Waals surface area contributed by atoms with Crippen molar-refractivity contribution in [2.45, 2.75) is 71.8 Å². The normalized spacial score (nSPS) is 16.5. The van der Waals surface area contributed by atoms with Crippen LogP contribution in [0.2, 0.25) is 0 Å². The van der Waals surface area contributed by atoms with Gasteiger partial charge in [0.05, 0.1) is 46.6 Å². The van der Waals surface area contributed by atoms with E-state index in [1.54, 1.807) is 24.6 Å². The van der Waals surface area contributed by atoms with Crippen LogP contribution in [0.3, 0.4) is 0 Å². The molecule has 1 aliphatic carbocycles. The van der Waals surface area contributed by atoms with E-state index < -0.39 is 5.91 Å². The third kappa shape index (κ3) is 6.31. The topological polar surface area (TPSA) is 125 Å². The minimum atomic E-state index is -0.501. The smallest absolute Gasteiger partial charge is 0.251 e. The van der Waals surface area contributed by atoms with E-state index in [2.05, 4.69) is 36.3 Å². The van der Waals surface area contributed by atoms with Crippen molar-refractivity contribution < 1.29 is 18.7 Å². The molecule has 1 fully saturated rings. The molecule has 7 rings (SSSR count). The second kappa shape index (κ2) is 13.7. The summed E-state index contributed by atoms with van der Waals surface area (Å²) >= 11 is 1.61. The summed E-state index contributed by atoms with van der Waals surface area (Å²) in [5, 5.41) is 4.78. The molecule has 1 amide bonds. The fourth-order valence-electron chi connectivity index (χ4n) is 7.31. The molecule has 0 unspecified atom stereocenters. The van der Waals surface area contributed by atoms with E-state index >= 15 is 0 Å². The molecule has 0 radical (unpaired) electrons. The molecule has 0 spiro atoms. The molecule has 9 nitrogen and oxygen atoms in total. The number of amides is 1. The van der Waals surface area contributed by atoms with Crippen molar-refractivity contribution in [3.8, 4) is 27.6 Å². The van der Waals surface area contributed by atoms with Gasteiger partial charge in [0.2, 0.25) is 5.89 Å². The Hall–Kier alpha value is -4.28. The average Bonchev–Trinajstić information content (AvgIpc) is 3.82. The molecule has 1 aliphatic heterocycles. The maximum Gasteiger partial charge on any atom is 0.251 e. The molecule has 2 aliphatic rings. The number of primary amides is 1. The van der Waals surface area contributed by atoms with Gasteiger partial charge in [-0.25, -0.2) is 9.97 Å². The molecule has 1 saturated heterocycles. The number of nitrogens with two attached hydrogens (primary N) is 1. The summed E-state index contributed by atoms with van der Waals surface area (Å²) in [6.45, 7) is 7.74. The van der Waals surface area contributed by atoms with Crippen LogP contribution >= 0.6 is 11.3 Å². The van der Waals surface area contributed by atoms with Crippen LogP contribution in [-0.4, -0.2) is 41.2 Å². The van der Waals surface area contributed by atoms with Crippen LogP contribution in [0.5, 0.6) is 5.75 Å². The number of methoxy groups -OCH3 is 1. The Balaban J connectivity index is 1.38. The summed E-state index contributed by atoms with van der Waals surface area (Å²) in [4.78, 5) is 29.1. The largest absolute Gasteiger partial charge is 0.496 e. The third-order valence-corrected chi connectivity index (χ3v) is 10.8. The SMILES string of the molecule is COc1cccc2c1CC[C@H]2Nc1nccc2cc(-c3c(C(N)=O)c(CC(C)C)nc(CCC4CCOCC4)c3-c3ncc(C)o3)sc12. The van der Waals surface area contributed by atoms with Crippen molar-refractivity contribution in [2.24, 2.45) is 17.6 Å². The van der Waals surface area contributed by atoms with Gasteiger partial charge in [-0.3, -0.25) is 9.78 Å². The van der Waals surface area contributed by atoms with Crippen molar-refractivity contribution in [1.82, 2.24) is 15.0 Å². The summed E-state index contributed by atoms with van der Waals surface area (Å²) in [6.07, 6.45) is 9.86. The highest BCUT2D eigenvalue weighted by Gasteiger charge is 2.30. The number of pyridine rings is 2. The van der Waals surface area contributed by atoms with E-state index in [0.29, 0.717) is 29.6 Å². The molecule has 0 bridgehead atoms. The van der Waals surface area contributed by atoms with Crippen molar-refractivity contribution in [2.75, 3.05) is 25.6 Å². The van der Waals surface area contributed by atoms with Crippen LogP contribution < -0.4 is 15.8 Å². The number of hydrogen-bond acceptors (Lipinski definition) is 9. The van der Waals surface area contributed by atoms with E-state index in [0.717, 1.165) is 101 Å². The standard InChI is InChI=1S/C38H43N5O4S/c1-21(2)18-29-32(36(39)44)34(33(38-41-20-22(3)47-38)28(42-29)10-8-23-13-16-46-17-14-23)31-19-24-12-15-40-37(35(24)48-31)43-27-11-9-26-25(27)6-5-7-30(26)45-4/h5-7,12,15,19-21,23,27H,8-11,13-14,16-18H2,1-4H3,(H2,39,44)(H,40,43)/t27-/m1/s1. The highest BCUT2D eigenvalue weighted by atomic mass is 32.1. The number of anilines is 1. The summed E-state index contributed by atoms with van der Waals surface area (Å²) in [5.41, 5.74) is 12.3. The number of carbonyl (C=O) groups excluding carboxylic acids is 1. The number of nitrogens with zero attached hydrogens (tertiary/aromatic N) is 3. The van der Waals surface area contributed by atoms with Crippen molar-refractivity contribution in [3.63, 3.8) is 0 Å². The lowest BCUT2D eigenvalue weighted by atomic mass is 9.89. The minimum absolute atomic E-state index is 0.112. The number of rotatable bonds is 11. The molecule has 48 heavy (non-hydrogen) atoms. The number of thiophene rings is 1. The first-order valence-corrected chi connectivity index (χ1v) is 17.8. The zero-order valence-corrected chi connectivity index (χ0v) is 28.9. The van der Waals surface area contributed by atoms with Crippen LogP contribution in [-0.2, 0) is 24.0 Å². The molecular formula is C38H43N5O4S.